The molecule has 5 rings (SSSR count). The summed E-state index contributed by atoms with van der Waals surface area (Å²) in [5, 5.41) is 14.9. The van der Waals surface area contributed by atoms with Crippen molar-refractivity contribution in [3.05, 3.63) is 71.5 Å². The quantitative estimate of drug-likeness (QED) is 0.734. The highest BCUT2D eigenvalue weighted by Crippen LogP contribution is 2.25. The first kappa shape index (κ1) is 17.0. The van der Waals surface area contributed by atoms with Gasteiger partial charge in [0, 0.05) is 42.0 Å². The molecule has 3 heterocycles. The molecule has 2 N–H and O–H groups in total. The topological polar surface area (TPSA) is 69.9 Å². The Kier molecular flexibility index (Phi) is 4.13. The van der Waals surface area contributed by atoms with Crippen molar-refractivity contribution in [1.29, 1.82) is 0 Å². The molecular formula is C22H22N4O2. The van der Waals surface area contributed by atoms with Crippen molar-refractivity contribution in [2.45, 2.75) is 18.9 Å². The zero-order valence-electron chi connectivity index (χ0n) is 15.5. The normalized spacial score (nSPS) is 17.1. The van der Waals surface area contributed by atoms with Gasteiger partial charge in [0.2, 0.25) is 0 Å². The number of likely N-dealkylation sites (tertiary alicyclic amines) is 1. The minimum Gasteiger partial charge on any atom is -0.392 e. The summed E-state index contributed by atoms with van der Waals surface area (Å²) in [5.41, 5.74) is 4.28. The van der Waals surface area contributed by atoms with E-state index in [-0.39, 0.29) is 11.9 Å². The lowest BCUT2D eigenvalue weighted by atomic mass is 9.90. The van der Waals surface area contributed by atoms with Crippen LogP contribution in [0.3, 0.4) is 0 Å². The van der Waals surface area contributed by atoms with E-state index in [0.717, 1.165) is 23.3 Å². The van der Waals surface area contributed by atoms with E-state index in [1.165, 1.54) is 10.8 Å². The number of amides is 2. The van der Waals surface area contributed by atoms with Crippen molar-refractivity contribution < 1.29 is 9.90 Å². The zero-order chi connectivity index (χ0) is 19.1. The molecule has 28 heavy (non-hydrogen) atoms. The molecular weight excluding hydrogens is 352 g/mol. The first-order valence-corrected chi connectivity index (χ1v) is 9.62. The van der Waals surface area contributed by atoms with Gasteiger partial charge in [-0.15, -0.1) is 0 Å². The van der Waals surface area contributed by atoms with Gasteiger partial charge in [0.15, 0.2) is 0 Å². The van der Waals surface area contributed by atoms with Gasteiger partial charge in [-0.25, -0.2) is 9.78 Å². The van der Waals surface area contributed by atoms with Crippen LogP contribution in [0.4, 0.5) is 10.5 Å². The molecule has 0 bridgehead atoms. The van der Waals surface area contributed by atoms with Gasteiger partial charge in [0.25, 0.3) is 0 Å². The molecule has 1 saturated heterocycles. The van der Waals surface area contributed by atoms with E-state index in [4.69, 9.17) is 0 Å². The molecule has 1 aromatic carbocycles. The van der Waals surface area contributed by atoms with Gasteiger partial charge in [0.1, 0.15) is 0 Å². The monoisotopic (exact) mass is 374 g/mol. The highest BCUT2D eigenvalue weighted by atomic mass is 16.3. The average molecular weight is 374 g/mol. The summed E-state index contributed by atoms with van der Waals surface area (Å²) >= 11 is 0. The molecule has 2 aliphatic rings. The summed E-state index contributed by atoms with van der Waals surface area (Å²) in [7, 11) is 0. The molecule has 0 spiro atoms. The van der Waals surface area contributed by atoms with Crippen LogP contribution in [-0.2, 0) is 12.8 Å². The predicted molar refractivity (Wildman–Crippen MR) is 108 cm³/mol. The van der Waals surface area contributed by atoms with E-state index in [9.17, 15) is 9.90 Å². The number of nitrogens with zero attached hydrogens (tertiary/aromatic N) is 3. The first-order chi connectivity index (χ1) is 13.7. The summed E-state index contributed by atoms with van der Waals surface area (Å²) in [4.78, 5) is 18.3. The van der Waals surface area contributed by atoms with Crippen LogP contribution in [0.5, 0.6) is 0 Å². The second-order valence-electron chi connectivity index (χ2n) is 7.52. The lowest BCUT2D eigenvalue weighted by molar-refractivity contribution is 0.0198. The minimum atomic E-state index is -0.483. The molecule has 2 aromatic heterocycles. The fourth-order valence-electron chi connectivity index (χ4n) is 4.16. The smallest absolute Gasteiger partial charge is 0.321 e. The van der Waals surface area contributed by atoms with Crippen LogP contribution in [0.25, 0.3) is 11.6 Å². The highest BCUT2D eigenvalue weighted by Gasteiger charge is 2.36. The number of rotatable bonds is 4. The third-order valence-electron chi connectivity index (χ3n) is 5.77. The van der Waals surface area contributed by atoms with Crippen LogP contribution >= 0.6 is 0 Å². The van der Waals surface area contributed by atoms with Crippen molar-refractivity contribution in [3.63, 3.8) is 0 Å². The molecule has 1 unspecified atom stereocenters. The predicted octanol–water partition coefficient (Wildman–Crippen LogP) is 2.01. The number of anilines is 1. The Hall–Kier alpha value is -3.12. The van der Waals surface area contributed by atoms with Crippen molar-refractivity contribution >= 4 is 23.3 Å². The molecule has 0 radical (unpaired) electrons. The van der Waals surface area contributed by atoms with E-state index >= 15 is 0 Å². The van der Waals surface area contributed by atoms with E-state index in [2.05, 4.69) is 32.9 Å². The van der Waals surface area contributed by atoms with Crippen LogP contribution in [0.15, 0.2) is 55.0 Å². The molecule has 0 saturated carbocycles. The minimum absolute atomic E-state index is 0.0914. The molecule has 1 aliphatic carbocycles. The summed E-state index contributed by atoms with van der Waals surface area (Å²) in [6.07, 6.45) is 11.0. The fourth-order valence-corrected chi connectivity index (χ4v) is 4.16. The van der Waals surface area contributed by atoms with Crippen LogP contribution in [0.2, 0.25) is 0 Å². The summed E-state index contributed by atoms with van der Waals surface area (Å²) in [6.45, 7) is 1.14. The Morgan fingerprint density at radius 1 is 1.29 bits per heavy atom. The lowest BCUT2D eigenvalue weighted by Gasteiger charge is -2.41. The number of aliphatic hydroxyl groups excluding tert-OH is 1. The van der Waals surface area contributed by atoms with E-state index in [1.54, 1.807) is 4.90 Å². The van der Waals surface area contributed by atoms with E-state index in [0.29, 0.717) is 19.5 Å². The maximum Gasteiger partial charge on any atom is 0.321 e. The molecule has 3 aromatic rings. The third-order valence-corrected chi connectivity index (χ3v) is 5.77. The summed E-state index contributed by atoms with van der Waals surface area (Å²) in [5.74, 6) is 0.0914. The number of allylic oxidation sites excluding steroid dienone is 2. The average Bonchev–Trinajstić information content (AvgIpc) is 3.24. The standard InChI is InChI=1S/C22H22N4O2/c27-21(15-12-25(13-15)22(28)24-16-6-2-1-3-7-16)10-19-17-8-4-5-9-18(17)20-11-23-14-26(19)20/h1-7,9,11,14-15,21,27H,8,10,12-13H2,(H,24,28). The second-order valence-corrected chi connectivity index (χ2v) is 7.52. The zero-order valence-corrected chi connectivity index (χ0v) is 15.5. The Balaban J connectivity index is 1.25. The number of hydrogen-bond acceptors (Lipinski definition) is 3. The largest absolute Gasteiger partial charge is 0.392 e. The Morgan fingerprint density at radius 3 is 2.93 bits per heavy atom. The number of carbonyl (C=O) groups is 1. The lowest BCUT2D eigenvalue weighted by Crippen LogP contribution is -2.56. The van der Waals surface area contributed by atoms with E-state index < -0.39 is 6.10 Å². The van der Waals surface area contributed by atoms with Crippen LogP contribution < -0.4 is 10.5 Å². The van der Waals surface area contributed by atoms with Gasteiger partial charge in [0.05, 0.1) is 24.1 Å². The number of urea groups is 1. The molecule has 1 atom stereocenters. The maximum atomic E-state index is 12.3. The number of carbonyl (C=O) groups excluding carboxylic acids is 1. The first-order valence-electron chi connectivity index (χ1n) is 9.62. The van der Waals surface area contributed by atoms with Gasteiger partial charge in [-0.2, -0.15) is 0 Å². The van der Waals surface area contributed by atoms with Crippen molar-refractivity contribution in [1.82, 2.24) is 14.3 Å². The second kappa shape index (κ2) is 6.80. The number of imidazole rings is 1. The van der Waals surface area contributed by atoms with Crippen molar-refractivity contribution in [2.24, 2.45) is 5.92 Å². The summed E-state index contributed by atoms with van der Waals surface area (Å²) in [6, 6.07) is 9.31. The van der Waals surface area contributed by atoms with Gasteiger partial charge in [-0.1, -0.05) is 36.4 Å². The summed E-state index contributed by atoms with van der Waals surface area (Å²) < 4.78 is 2.09. The number of fused-ring (bicyclic) bond motifs is 3. The number of hydrogen-bond donors (Lipinski definition) is 2. The van der Waals surface area contributed by atoms with E-state index in [1.807, 2.05) is 42.9 Å². The number of benzene rings is 1. The van der Waals surface area contributed by atoms with Crippen molar-refractivity contribution in [3.8, 4) is 0 Å². The molecule has 1 fully saturated rings. The van der Waals surface area contributed by atoms with Gasteiger partial charge in [-0.3, -0.25) is 0 Å². The Bertz CT molecular complexity index is 1100. The molecule has 2 amide bonds. The van der Waals surface area contributed by atoms with Gasteiger partial charge in [-0.05, 0) is 24.1 Å². The fraction of sp³-hybridized carbons (Fsp3) is 0.273. The number of nitrogens with one attached hydrogen (secondary N) is 1. The van der Waals surface area contributed by atoms with Gasteiger partial charge >= 0.3 is 6.03 Å². The highest BCUT2D eigenvalue weighted by molar-refractivity contribution is 5.89. The SMILES string of the molecule is O=C(Nc1ccccc1)N1CC(C(O)Cc2c3c(c4cncn24)=CC=CC3)C1. The van der Waals surface area contributed by atoms with Crippen LogP contribution in [-0.4, -0.2) is 44.6 Å². The maximum absolute atomic E-state index is 12.3. The molecule has 6 nitrogen and oxygen atoms in total. The third kappa shape index (κ3) is 2.86. The number of aliphatic hydroxyl groups is 1. The molecule has 142 valence electrons. The van der Waals surface area contributed by atoms with Gasteiger partial charge < -0.3 is 19.7 Å². The molecule has 6 heteroatoms. The number of para-hydroxylation sites is 1. The molecule has 1 aliphatic heterocycles. The van der Waals surface area contributed by atoms with Crippen LogP contribution in [0.1, 0.15) is 11.3 Å². The Labute approximate surface area is 162 Å². The Morgan fingerprint density at radius 2 is 2.11 bits per heavy atom. The number of aromatic nitrogens is 2. The van der Waals surface area contributed by atoms with Crippen molar-refractivity contribution in [2.75, 3.05) is 18.4 Å². The van der Waals surface area contributed by atoms with Crippen LogP contribution in [0, 0.1) is 5.92 Å².